The Labute approximate surface area is 87.2 Å². The topological polar surface area (TPSA) is 86.7 Å². The monoisotopic (exact) mass is 214 g/mol. The normalized spacial score (nSPS) is 20.4. The number of amides is 3. The first-order valence-electron chi connectivity index (χ1n) is 4.51. The van der Waals surface area contributed by atoms with Crippen molar-refractivity contribution >= 4 is 17.9 Å². The highest BCUT2D eigenvalue weighted by atomic mass is 16.4. The van der Waals surface area contributed by atoms with Crippen molar-refractivity contribution in [1.82, 2.24) is 10.2 Å². The summed E-state index contributed by atoms with van der Waals surface area (Å²) in [6, 6.07) is -0.669. The van der Waals surface area contributed by atoms with Gasteiger partial charge in [0, 0.05) is 0 Å². The van der Waals surface area contributed by atoms with E-state index in [1.165, 1.54) is 27.7 Å². The lowest BCUT2D eigenvalue weighted by atomic mass is 10.0. The number of carbonyl (C=O) groups excluding carboxylic acids is 2. The zero-order valence-electron chi connectivity index (χ0n) is 9.12. The molecule has 1 fully saturated rings. The summed E-state index contributed by atoms with van der Waals surface area (Å²) >= 11 is 0. The van der Waals surface area contributed by atoms with Crippen molar-refractivity contribution in [1.29, 1.82) is 0 Å². The average Bonchev–Trinajstić information content (AvgIpc) is 2.20. The van der Waals surface area contributed by atoms with Gasteiger partial charge in [-0.25, -0.2) is 14.5 Å². The smallest absolute Gasteiger partial charge is 0.329 e. The third kappa shape index (κ3) is 1.55. The van der Waals surface area contributed by atoms with Gasteiger partial charge in [-0.3, -0.25) is 4.79 Å². The van der Waals surface area contributed by atoms with Crippen LogP contribution in [-0.2, 0) is 9.59 Å². The van der Waals surface area contributed by atoms with Crippen molar-refractivity contribution in [2.75, 3.05) is 0 Å². The summed E-state index contributed by atoms with van der Waals surface area (Å²) < 4.78 is 0. The van der Waals surface area contributed by atoms with Crippen LogP contribution < -0.4 is 5.32 Å². The van der Waals surface area contributed by atoms with Crippen molar-refractivity contribution in [3.05, 3.63) is 0 Å². The molecule has 0 aromatic rings. The van der Waals surface area contributed by atoms with E-state index >= 15 is 0 Å². The van der Waals surface area contributed by atoms with Gasteiger partial charge in [0.1, 0.15) is 11.1 Å². The predicted molar refractivity (Wildman–Crippen MR) is 51.2 cm³/mol. The van der Waals surface area contributed by atoms with Gasteiger partial charge in [0.15, 0.2) is 0 Å². The van der Waals surface area contributed by atoms with Crippen LogP contribution in [0.5, 0.6) is 0 Å². The lowest BCUT2D eigenvalue weighted by Gasteiger charge is -2.29. The maximum Gasteiger partial charge on any atom is 0.329 e. The lowest BCUT2D eigenvalue weighted by molar-refractivity contribution is -0.153. The van der Waals surface area contributed by atoms with Gasteiger partial charge >= 0.3 is 12.0 Å². The van der Waals surface area contributed by atoms with Crippen LogP contribution in [-0.4, -0.2) is 39.0 Å². The molecule has 0 unspecified atom stereocenters. The molecule has 1 saturated heterocycles. The number of nitrogens with one attached hydrogen (secondary N) is 1. The zero-order chi connectivity index (χ0) is 12.0. The van der Waals surface area contributed by atoms with E-state index in [0.717, 1.165) is 4.90 Å². The van der Waals surface area contributed by atoms with Crippen molar-refractivity contribution in [3.8, 4) is 0 Å². The summed E-state index contributed by atoms with van der Waals surface area (Å²) in [5, 5.41) is 11.4. The fourth-order valence-corrected chi connectivity index (χ4v) is 1.35. The number of rotatable bonds is 2. The summed E-state index contributed by atoms with van der Waals surface area (Å²) in [5.74, 6) is -1.75. The molecule has 0 aromatic heterocycles. The first kappa shape index (κ1) is 11.5. The molecule has 1 aliphatic rings. The van der Waals surface area contributed by atoms with Gasteiger partial charge in [-0.05, 0) is 27.7 Å². The average molecular weight is 214 g/mol. The fourth-order valence-electron chi connectivity index (χ4n) is 1.35. The SMILES string of the molecule is CC1(C)NC(=O)N(C(C)(C)C(=O)O)C1=O. The molecule has 0 spiro atoms. The highest BCUT2D eigenvalue weighted by Crippen LogP contribution is 2.25. The van der Waals surface area contributed by atoms with E-state index in [1.54, 1.807) is 0 Å². The maximum atomic E-state index is 11.8. The van der Waals surface area contributed by atoms with Crippen molar-refractivity contribution in [3.63, 3.8) is 0 Å². The van der Waals surface area contributed by atoms with Gasteiger partial charge in [-0.1, -0.05) is 0 Å². The van der Waals surface area contributed by atoms with Gasteiger partial charge in [0.05, 0.1) is 0 Å². The van der Waals surface area contributed by atoms with E-state index in [4.69, 9.17) is 5.11 Å². The van der Waals surface area contributed by atoms with Gasteiger partial charge in [-0.2, -0.15) is 0 Å². The second-order valence-corrected chi connectivity index (χ2v) is 4.56. The van der Waals surface area contributed by atoms with Gasteiger partial charge in [0.2, 0.25) is 0 Å². The van der Waals surface area contributed by atoms with E-state index in [2.05, 4.69) is 5.32 Å². The van der Waals surface area contributed by atoms with E-state index in [1.807, 2.05) is 0 Å². The number of carbonyl (C=O) groups is 3. The summed E-state index contributed by atoms with van der Waals surface area (Å²) in [7, 11) is 0. The van der Waals surface area contributed by atoms with Crippen molar-refractivity contribution in [2.45, 2.75) is 38.8 Å². The Hall–Kier alpha value is -1.59. The Bertz CT molecular complexity index is 346. The Kier molecular flexibility index (Phi) is 2.26. The Morgan fingerprint density at radius 3 is 2.13 bits per heavy atom. The number of carboxylic acids is 1. The number of imide groups is 1. The molecule has 3 amide bonds. The largest absolute Gasteiger partial charge is 0.480 e. The van der Waals surface area contributed by atoms with Crippen LogP contribution in [0.15, 0.2) is 0 Å². The van der Waals surface area contributed by atoms with Gasteiger partial charge in [0.25, 0.3) is 5.91 Å². The highest BCUT2D eigenvalue weighted by Gasteiger charge is 2.53. The van der Waals surface area contributed by atoms with E-state index in [9.17, 15) is 14.4 Å². The molecule has 0 bridgehead atoms. The van der Waals surface area contributed by atoms with Crippen molar-refractivity contribution in [2.24, 2.45) is 0 Å². The molecule has 0 aliphatic carbocycles. The molecule has 0 saturated carbocycles. The van der Waals surface area contributed by atoms with Crippen LogP contribution in [0.1, 0.15) is 27.7 Å². The minimum absolute atomic E-state index is 0.528. The first-order valence-corrected chi connectivity index (χ1v) is 4.51. The van der Waals surface area contributed by atoms with Crippen LogP contribution in [0.25, 0.3) is 0 Å². The zero-order valence-corrected chi connectivity index (χ0v) is 9.12. The molecule has 84 valence electrons. The molecule has 6 nitrogen and oxygen atoms in total. The molecule has 15 heavy (non-hydrogen) atoms. The quantitative estimate of drug-likeness (QED) is 0.642. The molecule has 0 aromatic carbocycles. The fraction of sp³-hybridized carbons (Fsp3) is 0.667. The first-order chi connectivity index (χ1) is 6.60. The van der Waals surface area contributed by atoms with Crippen LogP contribution in [0.2, 0.25) is 0 Å². The Balaban J connectivity index is 3.13. The summed E-state index contributed by atoms with van der Waals surface area (Å²) in [5.41, 5.74) is -2.57. The summed E-state index contributed by atoms with van der Waals surface area (Å²) in [4.78, 5) is 34.9. The number of hydrogen-bond donors (Lipinski definition) is 2. The second-order valence-electron chi connectivity index (χ2n) is 4.56. The summed E-state index contributed by atoms with van der Waals surface area (Å²) in [6.45, 7) is 5.69. The van der Waals surface area contributed by atoms with Crippen LogP contribution in [0.3, 0.4) is 0 Å². The minimum Gasteiger partial charge on any atom is -0.480 e. The molecule has 0 atom stereocenters. The number of aliphatic carboxylic acids is 1. The number of carboxylic acid groups (broad SMARTS) is 1. The molecule has 1 heterocycles. The third-order valence-corrected chi connectivity index (χ3v) is 2.44. The molecule has 1 aliphatic heterocycles. The van der Waals surface area contributed by atoms with Crippen LogP contribution in [0, 0.1) is 0 Å². The summed E-state index contributed by atoms with van der Waals surface area (Å²) in [6.07, 6.45) is 0. The lowest BCUT2D eigenvalue weighted by Crippen LogP contribution is -2.54. The van der Waals surface area contributed by atoms with Crippen LogP contribution >= 0.6 is 0 Å². The van der Waals surface area contributed by atoms with Crippen molar-refractivity contribution < 1.29 is 19.5 Å². The predicted octanol–water partition coefficient (Wildman–Crippen LogP) is 0.180. The van der Waals surface area contributed by atoms with E-state index < -0.39 is 29.0 Å². The van der Waals surface area contributed by atoms with E-state index in [0.29, 0.717) is 0 Å². The molecule has 1 rings (SSSR count). The van der Waals surface area contributed by atoms with E-state index in [-0.39, 0.29) is 0 Å². The standard InChI is InChI=1S/C9H14N2O4/c1-8(2)5(12)11(7(15)10-8)9(3,4)6(13)14/h1-4H3,(H,10,15)(H,13,14). The highest BCUT2D eigenvalue weighted by molar-refractivity contribution is 6.09. The molecular formula is C9H14N2O4. The Morgan fingerprint density at radius 2 is 1.87 bits per heavy atom. The molecule has 0 radical (unpaired) electrons. The number of nitrogens with zero attached hydrogens (tertiary/aromatic N) is 1. The number of urea groups is 1. The van der Waals surface area contributed by atoms with Gasteiger partial charge in [-0.15, -0.1) is 0 Å². The van der Waals surface area contributed by atoms with Gasteiger partial charge < -0.3 is 10.4 Å². The molecular weight excluding hydrogens is 200 g/mol. The minimum atomic E-state index is -1.53. The molecule has 6 heteroatoms. The Morgan fingerprint density at radius 1 is 1.40 bits per heavy atom. The third-order valence-electron chi connectivity index (χ3n) is 2.44. The number of hydrogen-bond acceptors (Lipinski definition) is 3. The molecule has 2 N–H and O–H groups in total. The maximum absolute atomic E-state index is 11.8. The van der Waals surface area contributed by atoms with Crippen LogP contribution in [0.4, 0.5) is 4.79 Å². The second kappa shape index (κ2) is 2.95.